The van der Waals surface area contributed by atoms with Gasteiger partial charge in [-0.2, -0.15) is 0 Å². The molecule has 1 atom stereocenters. The number of nitrogens with one attached hydrogen (secondary N) is 1. The molecular weight excluding hydrogens is 252 g/mol. The van der Waals surface area contributed by atoms with Gasteiger partial charge in [0.05, 0.1) is 12.7 Å². The third-order valence-electron chi connectivity index (χ3n) is 3.54. The van der Waals surface area contributed by atoms with E-state index < -0.39 is 0 Å². The zero-order chi connectivity index (χ0) is 15.1. The van der Waals surface area contributed by atoms with Gasteiger partial charge in [-0.1, -0.05) is 46.0 Å². The SMILES string of the molecule is CCCCCCCCOCC(O)CNCCN(C)CC. The number of nitrogens with zero attached hydrogens (tertiary/aromatic N) is 1. The van der Waals surface area contributed by atoms with E-state index >= 15 is 0 Å². The lowest BCUT2D eigenvalue weighted by atomic mass is 10.1. The second-order valence-corrected chi connectivity index (χ2v) is 5.60. The van der Waals surface area contributed by atoms with Crippen LogP contribution in [-0.2, 0) is 4.74 Å². The smallest absolute Gasteiger partial charge is 0.0897 e. The minimum Gasteiger partial charge on any atom is -0.389 e. The van der Waals surface area contributed by atoms with E-state index in [1.54, 1.807) is 0 Å². The molecule has 0 radical (unpaired) electrons. The highest BCUT2D eigenvalue weighted by Gasteiger charge is 2.03. The van der Waals surface area contributed by atoms with Crippen molar-refractivity contribution in [1.82, 2.24) is 10.2 Å². The second kappa shape index (κ2) is 15.2. The topological polar surface area (TPSA) is 44.7 Å². The summed E-state index contributed by atoms with van der Waals surface area (Å²) in [4.78, 5) is 2.24. The molecule has 0 aromatic heterocycles. The van der Waals surface area contributed by atoms with Crippen molar-refractivity contribution in [2.45, 2.75) is 58.5 Å². The Balaban J connectivity index is 3.18. The number of rotatable bonds is 15. The Morgan fingerprint density at radius 1 is 1.10 bits per heavy atom. The summed E-state index contributed by atoms with van der Waals surface area (Å²) in [5, 5.41) is 13.0. The highest BCUT2D eigenvalue weighted by atomic mass is 16.5. The first-order valence-electron chi connectivity index (χ1n) is 8.35. The predicted molar refractivity (Wildman–Crippen MR) is 86.2 cm³/mol. The molecule has 1 unspecified atom stereocenters. The van der Waals surface area contributed by atoms with Gasteiger partial charge in [0.2, 0.25) is 0 Å². The molecule has 0 amide bonds. The molecule has 0 aromatic carbocycles. The summed E-state index contributed by atoms with van der Waals surface area (Å²) in [6, 6.07) is 0. The standard InChI is InChI=1S/C16H36N2O2/c1-4-6-7-8-9-10-13-20-15-16(19)14-17-11-12-18(3)5-2/h16-17,19H,4-15H2,1-3H3. The first-order chi connectivity index (χ1) is 9.70. The van der Waals surface area contributed by atoms with Gasteiger partial charge in [-0.15, -0.1) is 0 Å². The van der Waals surface area contributed by atoms with Crippen LogP contribution >= 0.6 is 0 Å². The van der Waals surface area contributed by atoms with E-state index in [-0.39, 0.29) is 6.10 Å². The number of ether oxygens (including phenoxy) is 1. The van der Waals surface area contributed by atoms with Crippen molar-refractivity contribution < 1.29 is 9.84 Å². The van der Waals surface area contributed by atoms with E-state index in [2.05, 4.69) is 31.1 Å². The minimum atomic E-state index is -0.387. The average Bonchev–Trinajstić information content (AvgIpc) is 2.46. The van der Waals surface area contributed by atoms with Crippen LogP contribution in [0.3, 0.4) is 0 Å². The Kier molecular flexibility index (Phi) is 15.1. The lowest BCUT2D eigenvalue weighted by molar-refractivity contribution is 0.0353. The predicted octanol–water partition coefficient (Wildman–Crippen LogP) is 2.27. The van der Waals surface area contributed by atoms with E-state index in [1.807, 2.05) is 0 Å². The molecule has 0 fully saturated rings. The number of aliphatic hydroxyl groups excluding tert-OH is 1. The fourth-order valence-electron chi connectivity index (χ4n) is 1.96. The minimum absolute atomic E-state index is 0.387. The second-order valence-electron chi connectivity index (χ2n) is 5.60. The van der Waals surface area contributed by atoms with Crippen LogP contribution in [0.5, 0.6) is 0 Å². The van der Waals surface area contributed by atoms with Crippen LogP contribution in [0.15, 0.2) is 0 Å². The summed E-state index contributed by atoms with van der Waals surface area (Å²) in [5.74, 6) is 0. The summed E-state index contributed by atoms with van der Waals surface area (Å²) in [6.45, 7) is 9.22. The Bertz CT molecular complexity index is 191. The zero-order valence-corrected chi connectivity index (χ0v) is 13.9. The lowest BCUT2D eigenvalue weighted by Gasteiger charge is -2.16. The fraction of sp³-hybridized carbons (Fsp3) is 1.00. The van der Waals surface area contributed by atoms with Gasteiger partial charge in [-0.3, -0.25) is 0 Å². The molecule has 0 spiro atoms. The molecule has 0 aliphatic carbocycles. The van der Waals surface area contributed by atoms with Crippen molar-refractivity contribution >= 4 is 0 Å². The van der Waals surface area contributed by atoms with Crippen LogP contribution in [0.4, 0.5) is 0 Å². The molecule has 4 heteroatoms. The number of aliphatic hydroxyl groups is 1. The van der Waals surface area contributed by atoms with E-state index in [0.717, 1.165) is 32.7 Å². The van der Waals surface area contributed by atoms with Gasteiger partial charge in [0, 0.05) is 26.2 Å². The molecule has 0 aliphatic rings. The maximum Gasteiger partial charge on any atom is 0.0897 e. The monoisotopic (exact) mass is 288 g/mol. The van der Waals surface area contributed by atoms with Crippen molar-refractivity contribution in [2.75, 3.05) is 46.4 Å². The van der Waals surface area contributed by atoms with Gasteiger partial charge in [0.25, 0.3) is 0 Å². The molecule has 122 valence electrons. The highest BCUT2D eigenvalue weighted by Crippen LogP contribution is 2.04. The van der Waals surface area contributed by atoms with E-state index in [9.17, 15) is 5.11 Å². The van der Waals surface area contributed by atoms with Gasteiger partial charge in [0.1, 0.15) is 0 Å². The van der Waals surface area contributed by atoms with Crippen LogP contribution in [0.2, 0.25) is 0 Å². The molecule has 0 saturated heterocycles. The molecule has 2 N–H and O–H groups in total. The summed E-state index contributed by atoms with van der Waals surface area (Å²) >= 11 is 0. The van der Waals surface area contributed by atoms with Gasteiger partial charge in [-0.05, 0) is 20.0 Å². The maximum absolute atomic E-state index is 9.74. The van der Waals surface area contributed by atoms with Crippen molar-refractivity contribution in [3.8, 4) is 0 Å². The van der Waals surface area contributed by atoms with Crippen LogP contribution in [-0.4, -0.2) is 62.6 Å². The Hall–Kier alpha value is -0.160. The zero-order valence-electron chi connectivity index (χ0n) is 13.9. The average molecular weight is 288 g/mol. The quantitative estimate of drug-likeness (QED) is 0.454. The Morgan fingerprint density at radius 2 is 1.80 bits per heavy atom. The number of unbranched alkanes of at least 4 members (excludes halogenated alkanes) is 5. The highest BCUT2D eigenvalue weighted by molar-refractivity contribution is 4.60. The van der Waals surface area contributed by atoms with Gasteiger partial charge >= 0.3 is 0 Å². The summed E-state index contributed by atoms with van der Waals surface area (Å²) in [6.07, 6.45) is 7.27. The van der Waals surface area contributed by atoms with Crippen molar-refractivity contribution in [1.29, 1.82) is 0 Å². The van der Waals surface area contributed by atoms with Gasteiger partial charge < -0.3 is 20.1 Å². The molecule has 0 heterocycles. The van der Waals surface area contributed by atoms with Crippen LogP contribution in [0, 0.1) is 0 Å². The van der Waals surface area contributed by atoms with Gasteiger partial charge in [-0.25, -0.2) is 0 Å². The summed E-state index contributed by atoms with van der Waals surface area (Å²) in [7, 11) is 2.10. The number of likely N-dealkylation sites (N-methyl/N-ethyl adjacent to an activating group) is 1. The third-order valence-corrected chi connectivity index (χ3v) is 3.54. The Labute approximate surface area is 125 Å². The largest absolute Gasteiger partial charge is 0.389 e. The number of hydrogen-bond donors (Lipinski definition) is 2. The molecule has 4 nitrogen and oxygen atoms in total. The molecule has 0 aliphatic heterocycles. The maximum atomic E-state index is 9.74. The van der Waals surface area contributed by atoms with Crippen LogP contribution in [0.1, 0.15) is 52.4 Å². The first-order valence-corrected chi connectivity index (χ1v) is 8.35. The Morgan fingerprint density at radius 3 is 2.50 bits per heavy atom. The molecular formula is C16H36N2O2. The van der Waals surface area contributed by atoms with Crippen LogP contribution in [0.25, 0.3) is 0 Å². The van der Waals surface area contributed by atoms with E-state index in [1.165, 1.54) is 32.1 Å². The molecule has 0 saturated carbocycles. The van der Waals surface area contributed by atoms with Gasteiger partial charge in [0.15, 0.2) is 0 Å². The van der Waals surface area contributed by atoms with E-state index in [0.29, 0.717) is 13.2 Å². The number of hydrogen-bond acceptors (Lipinski definition) is 4. The van der Waals surface area contributed by atoms with Crippen molar-refractivity contribution in [2.24, 2.45) is 0 Å². The summed E-state index contributed by atoms with van der Waals surface area (Å²) in [5.41, 5.74) is 0. The third kappa shape index (κ3) is 14.3. The van der Waals surface area contributed by atoms with E-state index in [4.69, 9.17) is 4.74 Å². The normalized spacial score (nSPS) is 13.1. The molecule has 0 rings (SSSR count). The lowest BCUT2D eigenvalue weighted by Crippen LogP contribution is -2.35. The van der Waals surface area contributed by atoms with Crippen molar-refractivity contribution in [3.05, 3.63) is 0 Å². The summed E-state index contributed by atoms with van der Waals surface area (Å²) < 4.78 is 5.50. The van der Waals surface area contributed by atoms with Crippen molar-refractivity contribution in [3.63, 3.8) is 0 Å². The molecule has 20 heavy (non-hydrogen) atoms. The fourth-order valence-corrected chi connectivity index (χ4v) is 1.96. The molecule has 0 aromatic rings. The van der Waals surface area contributed by atoms with Crippen LogP contribution < -0.4 is 5.32 Å². The first kappa shape index (κ1) is 19.8. The molecule has 0 bridgehead atoms.